The van der Waals surface area contributed by atoms with Crippen molar-refractivity contribution in [2.24, 2.45) is 5.10 Å². The normalized spacial score (nSPS) is 15.5. The van der Waals surface area contributed by atoms with Crippen LogP contribution in [0.2, 0.25) is 0 Å². The van der Waals surface area contributed by atoms with Gasteiger partial charge in [0.15, 0.2) is 5.75 Å². The molecule has 1 atom stereocenters. The molecule has 0 fully saturated rings. The summed E-state index contributed by atoms with van der Waals surface area (Å²) in [7, 11) is -3.05. The van der Waals surface area contributed by atoms with Crippen LogP contribution in [0.15, 0.2) is 53.6 Å². The molecule has 26 heavy (non-hydrogen) atoms. The molecule has 2 aromatic rings. The van der Waals surface area contributed by atoms with E-state index >= 15 is 0 Å². The monoisotopic (exact) mass is 372 g/mol. The first-order valence-electron chi connectivity index (χ1n) is 9.11. The van der Waals surface area contributed by atoms with Crippen molar-refractivity contribution in [1.29, 1.82) is 0 Å². The van der Waals surface area contributed by atoms with E-state index in [1.807, 2.05) is 17.1 Å². The molecule has 1 unspecified atom stereocenters. The summed E-state index contributed by atoms with van der Waals surface area (Å²) in [5.74, 6) is 0.388. The third kappa shape index (κ3) is 4.75. The molecule has 0 radical (unpaired) electrons. The van der Waals surface area contributed by atoms with E-state index < -0.39 is 8.25 Å². The highest BCUT2D eigenvalue weighted by molar-refractivity contribution is 7.32. The van der Waals surface area contributed by atoms with Gasteiger partial charge in [0, 0.05) is 6.54 Å². The van der Waals surface area contributed by atoms with E-state index in [9.17, 15) is 4.57 Å². The van der Waals surface area contributed by atoms with Crippen molar-refractivity contribution in [1.82, 2.24) is 0 Å². The average molecular weight is 372 g/mol. The summed E-state index contributed by atoms with van der Waals surface area (Å²) in [6.45, 7) is 2.96. The number of hydrogen-bond acceptors (Lipinski definition) is 4. The summed E-state index contributed by atoms with van der Waals surface area (Å²) in [6.07, 6.45) is 5.41. The van der Waals surface area contributed by atoms with Crippen molar-refractivity contribution in [3.05, 3.63) is 59.7 Å². The van der Waals surface area contributed by atoms with Gasteiger partial charge in [0.2, 0.25) is 0 Å². The van der Waals surface area contributed by atoms with Gasteiger partial charge in [0.05, 0.1) is 5.71 Å². The first-order chi connectivity index (χ1) is 12.7. The Morgan fingerprint density at radius 2 is 1.96 bits per heavy atom. The first-order valence-corrected chi connectivity index (χ1v) is 10.4. The van der Waals surface area contributed by atoms with Gasteiger partial charge in [-0.1, -0.05) is 49.7 Å². The van der Waals surface area contributed by atoms with Gasteiger partial charge < -0.3 is 9.42 Å². The Labute approximate surface area is 155 Å². The SMILES string of the molecule is CCCCc1ccc(C2=NN(c3ccccc3O[PH](=O)O)CCC2)cc1. The van der Waals surface area contributed by atoms with Crippen LogP contribution < -0.4 is 9.53 Å². The van der Waals surface area contributed by atoms with E-state index in [4.69, 9.17) is 14.5 Å². The fourth-order valence-electron chi connectivity index (χ4n) is 3.11. The average Bonchev–Trinajstić information content (AvgIpc) is 2.67. The molecule has 5 nitrogen and oxygen atoms in total. The van der Waals surface area contributed by atoms with Crippen molar-refractivity contribution in [3.63, 3.8) is 0 Å². The van der Waals surface area contributed by atoms with Crippen molar-refractivity contribution in [3.8, 4) is 5.75 Å². The number of rotatable bonds is 7. The number of hydrogen-bond donors (Lipinski definition) is 1. The molecule has 6 heteroatoms. The zero-order valence-corrected chi connectivity index (χ0v) is 16.0. The predicted molar refractivity (Wildman–Crippen MR) is 106 cm³/mol. The minimum atomic E-state index is -3.05. The fourth-order valence-corrected chi connectivity index (χ4v) is 3.47. The zero-order valence-electron chi connectivity index (χ0n) is 15.0. The second-order valence-corrected chi connectivity index (χ2v) is 7.15. The van der Waals surface area contributed by atoms with Gasteiger partial charge in [-0.15, -0.1) is 0 Å². The Hall–Kier alpha value is -2.10. The van der Waals surface area contributed by atoms with Gasteiger partial charge in [-0.2, -0.15) is 5.10 Å². The first kappa shape index (κ1) is 18.7. The lowest BCUT2D eigenvalue weighted by Crippen LogP contribution is -2.26. The Balaban J connectivity index is 1.82. The molecule has 0 aromatic heterocycles. The van der Waals surface area contributed by atoms with Crippen molar-refractivity contribution >= 4 is 19.7 Å². The van der Waals surface area contributed by atoms with Gasteiger partial charge >= 0.3 is 8.25 Å². The molecule has 1 aliphatic heterocycles. The summed E-state index contributed by atoms with van der Waals surface area (Å²) in [6, 6.07) is 15.9. The van der Waals surface area contributed by atoms with Gasteiger partial charge in [-0.05, 0) is 48.9 Å². The lowest BCUT2D eigenvalue weighted by Gasteiger charge is -2.26. The fraction of sp³-hybridized carbons (Fsp3) is 0.350. The molecule has 3 rings (SSSR count). The second kappa shape index (κ2) is 9.02. The van der Waals surface area contributed by atoms with Crippen LogP contribution in [0.3, 0.4) is 0 Å². The van der Waals surface area contributed by atoms with Crippen LogP contribution in [0.4, 0.5) is 5.69 Å². The zero-order chi connectivity index (χ0) is 18.4. The highest BCUT2D eigenvalue weighted by Gasteiger charge is 2.18. The Bertz CT molecular complexity index is 790. The van der Waals surface area contributed by atoms with Crippen molar-refractivity contribution in [2.75, 3.05) is 11.6 Å². The van der Waals surface area contributed by atoms with Gasteiger partial charge in [-0.3, -0.25) is 5.01 Å². The van der Waals surface area contributed by atoms with Gasteiger partial charge in [-0.25, -0.2) is 4.57 Å². The molecule has 1 heterocycles. The molecule has 0 spiro atoms. The summed E-state index contributed by atoms with van der Waals surface area (Å²) in [4.78, 5) is 9.12. The van der Waals surface area contributed by atoms with Crippen LogP contribution in [0.1, 0.15) is 43.7 Å². The topological polar surface area (TPSA) is 62.1 Å². The maximum Gasteiger partial charge on any atom is 0.365 e. The third-order valence-corrected chi connectivity index (χ3v) is 4.87. The van der Waals surface area contributed by atoms with E-state index in [1.165, 1.54) is 18.4 Å². The highest BCUT2D eigenvalue weighted by atomic mass is 31.1. The van der Waals surface area contributed by atoms with Crippen LogP contribution in [0.25, 0.3) is 0 Å². The largest absolute Gasteiger partial charge is 0.424 e. The Morgan fingerprint density at radius 3 is 2.69 bits per heavy atom. The van der Waals surface area contributed by atoms with E-state index in [-0.39, 0.29) is 0 Å². The predicted octanol–water partition coefficient (Wildman–Crippen LogP) is 4.79. The summed E-state index contributed by atoms with van der Waals surface area (Å²) >= 11 is 0. The summed E-state index contributed by atoms with van der Waals surface area (Å²) in [5, 5.41) is 6.64. The van der Waals surface area contributed by atoms with E-state index in [1.54, 1.807) is 12.1 Å². The number of hydrazone groups is 1. The summed E-state index contributed by atoms with van der Waals surface area (Å²) in [5.41, 5.74) is 4.24. The molecule has 0 bridgehead atoms. The maximum absolute atomic E-state index is 11.1. The van der Waals surface area contributed by atoms with E-state index in [0.717, 1.165) is 42.8 Å². The molecule has 1 aliphatic rings. The molecule has 0 saturated heterocycles. The van der Waals surface area contributed by atoms with Crippen molar-refractivity contribution < 1.29 is 14.0 Å². The van der Waals surface area contributed by atoms with Crippen LogP contribution in [0, 0.1) is 0 Å². The molecule has 0 amide bonds. The number of para-hydroxylation sites is 2. The van der Waals surface area contributed by atoms with E-state index in [0.29, 0.717) is 5.75 Å². The van der Waals surface area contributed by atoms with Crippen molar-refractivity contribution in [2.45, 2.75) is 39.0 Å². The molecular formula is C20H25N2O3P. The number of nitrogens with zero attached hydrogens (tertiary/aromatic N) is 2. The maximum atomic E-state index is 11.1. The highest BCUT2D eigenvalue weighted by Crippen LogP contribution is 2.35. The molecule has 2 aromatic carbocycles. The molecule has 138 valence electrons. The number of aryl methyl sites for hydroxylation is 1. The van der Waals surface area contributed by atoms with E-state index in [2.05, 4.69) is 31.2 Å². The smallest absolute Gasteiger partial charge is 0.365 e. The summed E-state index contributed by atoms with van der Waals surface area (Å²) < 4.78 is 16.2. The third-order valence-electron chi connectivity index (χ3n) is 4.47. The van der Waals surface area contributed by atoms with Gasteiger partial charge in [0.25, 0.3) is 0 Å². The van der Waals surface area contributed by atoms with Gasteiger partial charge in [0.1, 0.15) is 5.69 Å². The molecule has 1 N–H and O–H groups in total. The quantitative estimate of drug-likeness (QED) is 0.710. The molecule has 0 saturated carbocycles. The minimum Gasteiger partial charge on any atom is -0.424 e. The molecular weight excluding hydrogens is 347 g/mol. The Morgan fingerprint density at radius 1 is 1.19 bits per heavy atom. The number of unbranched alkanes of at least 4 members (excludes halogenated alkanes) is 1. The number of benzene rings is 2. The minimum absolute atomic E-state index is 0.388. The van der Waals surface area contributed by atoms with Crippen LogP contribution >= 0.6 is 8.25 Å². The lowest BCUT2D eigenvalue weighted by molar-refractivity contribution is 0.410. The Kier molecular flexibility index (Phi) is 6.48. The van der Waals surface area contributed by atoms with Crippen LogP contribution in [-0.2, 0) is 11.0 Å². The lowest BCUT2D eigenvalue weighted by atomic mass is 10.0. The van der Waals surface area contributed by atoms with Crippen LogP contribution in [0.5, 0.6) is 5.75 Å². The number of anilines is 1. The second-order valence-electron chi connectivity index (χ2n) is 6.41. The molecule has 0 aliphatic carbocycles. The van der Waals surface area contributed by atoms with Crippen LogP contribution in [-0.4, -0.2) is 17.1 Å². The standard InChI is InChI=1S/C20H25N2O3P/c1-2-3-7-16-11-13-17(14-12-16)18-8-6-15-22(21-18)19-9-4-5-10-20(19)25-26(23)24/h4-5,9-14,26H,2-3,6-8,15H2,1H3,(H,23,24).